The van der Waals surface area contributed by atoms with Crippen LogP contribution in [0.15, 0.2) is 42.5 Å². The Kier molecular flexibility index (Phi) is 3.38. The molecule has 3 rings (SSSR count). The summed E-state index contributed by atoms with van der Waals surface area (Å²) in [5.41, 5.74) is 3.16. The molecule has 0 radical (unpaired) electrons. The van der Waals surface area contributed by atoms with Crippen molar-refractivity contribution < 1.29 is 4.74 Å². The summed E-state index contributed by atoms with van der Waals surface area (Å²) in [6, 6.07) is 15.8. The Morgan fingerprint density at radius 2 is 1.90 bits per heavy atom. The van der Waals surface area contributed by atoms with Crippen LogP contribution in [0.3, 0.4) is 0 Å². The van der Waals surface area contributed by atoms with Crippen LogP contribution in [0.5, 0.6) is 5.75 Å². The van der Waals surface area contributed by atoms with Crippen LogP contribution >= 0.6 is 11.6 Å². The molecule has 0 spiro atoms. The molecule has 0 aliphatic heterocycles. The zero-order valence-electron chi connectivity index (χ0n) is 11.1. The van der Waals surface area contributed by atoms with E-state index in [0.29, 0.717) is 17.4 Å². The van der Waals surface area contributed by atoms with Gasteiger partial charge in [-0.1, -0.05) is 29.8 Å². The van der Waals surface area contributed by atoms with Crippen molar-refractivity contribution in [1.82, 2.24) is 0 Å². The van der Waals surface area contributed by atoms with E-state index in [0.717, 1.165) is 17.2 Å². The highest BCUT2D eigenvalue weighted by Crippen LogP contribution is 2.56. The molecule has 1 fully saturated rings. The van der Waals surface area contributed by atoms with Gasteiger partial charge in [0.25, 0.3) is 0 Å². The minimum Gasteiger partial charge on any atom is -0.497 e. The van der Waals surface area contributed by atoms with Gasteiger partial charge in [-0.05, 0) is 53.6 Å². The molecule has 0 aromatic heterocycles. The Balaban J connectivity index is 1.80. The summed E-state index contributed by atoms with van der Waals surface area (Å²) >= 11 is 6.32. The lowest BCUT2D eigenvalue weighted by Crippen LogP contribution is -1.88. The van der Waals surface area contributed by atoms with Crippen LogP contribution in [-0.2, 0) is 0 Å². The standard InChI is InChI=1S/C17H14ClNO/c1-20-13-6-7-14(17(18)8-13)16-9-15(16)12-4-2-11(10-19)3-5-12/h2-8,15-16H,9H2,1H3. The highest BCUT2D eigenvalue weighted by atomic mass is 35.5. The van der Waals surface area contributed by atoms with Crippen molar-refractivity contribution in [3.05, 3.63) is 64.2 Å². The van der Waals surface area contributed by atoms with E-state index in [4.69, 9.17) is 21.6 Å². The fraction of sp³-hybridized carbons (Fsp3) is 0.235. The Morgan fingerprint density at radius 1 is 1.15 bits per heavy atom. The van der Waals surface area contributed by atoms with Crippen LogP contribution in [0.4, 0.5) is 0 Å². The summed E-state index contributed by atoms with van der Waals surface area (Å²) in [5.74, 6) is 1.77. The molecule has 0 heterocycles. The summed E-state index contributed by atoms with van der Waals surface area (Å²) < 4.78 is 5.17. The van der Waals surface area contributed by atoms with Crippen molar-refractivity contribution >= 4 is 11.6 Å². The van der Waals surface area contributed by atoms with Gasteiger partial charge in [0, 0.05) is 5.02 Å². The Labute approximate surface area is 123 Å². The smallest absolute Gasteiger partial charge is 0.120 e. The molecule has 0 saturated heterocycles. The molecule has 2 atom stereocenters. The van der Waals surface area contributed by atoms with E-state index in [-0.39, 0.29) is 0 Å². The van der Waals surface area contributed by atoms with E-state index in [2.05, 4.69) is 12.1 Å². The number of benzene rings is 2. The number of hydrogen-bond donors (Lipinski definition) is 0. The lowest BCUT2D eigenvalue weighted by atomic mass is 10.0. The van der Waals surface area contributed by atoms with Crippen LogP contribution in [0.1, 0.15) is 34.9 Å². The van der Waals surface area contributed by atoms with Crippen molar-refractivity contribution in [2.24, 2.45) is 0 Å². The normalized spacial score (nSPS) is 20.2. The van der Waals surface area contributed by atoms with Crippen molar-refractivity contribution in [2.45, 2.75) is 18.3 Å². The maximum atomic E-state index is 8.82. The van der Waals surface area contributed by atoms with Gasteiger partial charge in [-0.15, -0.1) is 0 Å². The first kappa shape index (κ1) is 13.0. The maximum Gasteiger partial charge on any atom is 0.120 e. The van der Waals surface area contributed by atoms with E-state index >= 15 is 0 Å². The van der Waals surface area contributed by atoms with Gasteiger partial charge in [0.2, 0.25) is 0 Å². The fourth-order valence-electron chi connectivity index (χ4n) is 2.65. The fourth-order valence-corrected chi connectivity index (χ4v) is 2.96. The third-order valence-corrected chi connectivity index (χ3v) is 4.19. The highest BCUT2D eigenvalue weighted by molar-refractivity contribution is 6.31. The molecule has 1 saturated carbocycles. The third kappa shape index (κ3) is 2.37. The summed E-state index contributed by atoms with van der Waals surface area (Å²) in [6.45, 7) is 0. The van der Waals surface area contributed by atoms with Crippen LogP contribution in [0, 0.1) is 11.3 Å². The number of halogens is 1. The molecule has 2 unspecified atom stereocenters. The number of ether oxygens (including phenoxy) is 1. The van der Waals surface area contributed by atoms with Gasteiger partial charge in [0.15, 0.2) is 0 Å². The van der Waals surface area contributed by atoms with Gasteiger partial charge in [-0.25, -0.2) is 0 Å². The third-order valence-electron chi connectivity index (χ3n) is 3.87. The van der Waals surface area contributed by atoms with Crippen molar-refractivity contribution in [2.75, 3.05) is 7.11 Å². The molecular formula is C17H14ClNO. The molecule has 1 aliphatic carbocycles. The number of methoxy groups -OCH3 is 1. The van der Waals surface area contributed by atoms with Crippen LogP contribution in [0.2, 0.25) is 5.02 Å². The number of nitrogens with zero attached hydrogens (tertiary/aromatic N) is 1. The van der Waals surface area contributed by atoms with Crippen molar-refractivity contribution in [1.29, 1.82) is 5.26 Å². The SMILES string of the molecule is COc1ccc(C2CC2c2ccc(C#N)cc2)c(Cl)c1. The molecule has 20 heavy (non-hydrogen) atoms. The second-order valence-corrected chi connectivity index (χ2v) is 5.48. The number of hydrogen-bond acceptors (Lipinski definition) is 2. The van der Waals surface area contributed by atoms with Gasteiger partial charge in [0.05, 0.1) is 18.7 Å². The summed E-state index contributed by atoms with van der Waals surface area (Å²) in [5, 5.41) is 9.59. The maximum absolute atomic E-state index is 8.82. The summed E-state index contributed by atoms with van der Waals surface area (Å²) in [6.07, 6.45) is 1.11. The lowest BCUT2D eigenvalue weighted by Gasteiger charge is -2.06. The van der Waals surface area contributed by atoms with E-state index < -0.39 is 0 Å². The topological polar surface area (TPSA) is 33.0 Å². The summed E-state index contributed by atoms with van der Waals surface area (Å²) in [4.78, 5) is 0. The first-order chi connectivity index (χ1) is 9.72. The lowest BCUT2D eigenvalue weighted by molar-refractivity contribution is 0.414. The van der Waals surface area contributed by atoms with E-state index in [1.807, 2.05) is 36.4 Å². The zero-order valence-corrected chi connectivity index (χ0v) is 11.9. The van der Waals surface area contributed by atoms with Gasteiger partial charge < -0.3 is 4.74 Å². The van der Waals surface area contributed by atoms with Crippen LogP contribution in [-0.4, -0.2) is 7.11 Å². The average molecular weight is 284 g/mol. The predicted molar refractivity (Wildman–Crippen MR) is 79.3 cm³/mol. The molecule has 1 aliphatic rings. The molecule has 100 valence electrons. The summed E-state index contributed by atoms with van der Waals surface area (Å²) in [7, 11) is 1.64. The Hall–Kier alpha value is -1.98. The minimum absolute atomic E-state index is 0.473. The van der Waals surface area contributed by atoms with Crippen molar-refractivity contribution in [3.63, 3.8) is 0 Å². The highest BCUT2D eigenvalue weighted by Gasteiger charge is 2.40. The van der Waals surface area contributed by atoms with Crippen molar-refractivity contribution in [3.8, 4) is 11.8 Å². The molecule has 2 aromatic rings. The number of rotatable bonds is 3. The second kappa shape index (κ2) is 5.19. The molecule has 3 heteroatoms. The van der Waals surface area contributed by atoms with Gasteiger partial charge in [-0.2, -0.15) is 5.26 Å². The monoisotopic (exact) mass is 283 g/mol. The molecular weight excluding hydrogens is 270 g/mol. The Morgan fingerprint density at radius 3 is 2.50 bits per heavy atom. The van der Waals surface area contributed by atoms with E-state index in [1.54, 1.807) is 7.11 Å². The first-order valence-electron chi connectivity index (χ1n) is 6.56. The van der Waals surface area contributed by atoms with E-state index in [1.165, 1.54) is 11.1 Å². The first-order valence-corrected chi connectivity index (χ1v) is 6.94. The molecule has 0 amide bonds. The zero-order chi connectivity index (χ0) is 14.1. The van der Waals surface area contributed by atoms with Crippen LogP contribution < -0.4 is 4.74 Å². The van der Waals surface area contributed by atoms with E-state index in [9.17, 15) is 0 Å². The largest absolute Gasteiger partial charge is 0.497 e. The molecule has 0 bridgehead atoms. The number of nitriles is 1. The Bertz CT molecular complexity index is 672. The minimum atomic E-state index is 0.473. The average Bonchev–Trinajstić information content (AvgIpc) is 3.27. The van der Waals surface area contributed by atoms with Gasteiger partial charge in [0.1, 0.15) is 5.75 Å². The molecule has 0 N–H and O–H groups in total. The molecule has 2 nitrogen and oxygen atoms in total. The van der Waals surface area contributed by atoms with Crippen LogP contribution in [0.25, 0.3) is 0 Å². The quantitative estimate of drug-likeness (QED) is 0.831. The molecule has 2 aromatic carbocycles. The second-order valence-electron chi connectivity index (χ2n) is 5.07. The van der Waals surface area contributed by atoms with Gasteiger partial charge >= 0.3 is 0 Å². The predicted octanol–water partition coefficient (Wildman–Crippen LogP) is 4.49. The van der Waals surface area contributed by atoms with Gasteiger partial charge in [-0.3, -0.25) is 0 Å².